The summed E-state index contributed by atoms with van der Waals surface area (Å²) in [5, 5.41) is 9.02. The fourth-order valence-electron chi connectivity index (χ4n) is 6.68. The van der Waals surface area contributed by atoms with Gasteiger partial charge in [-0.3, -0.25) is 24.0 Å². The molecule has 0 aromatic heterocycles. The summed E-state index contributed by atoms with van der Waals surface area (Å²) in [6.45, 7) is 19.9. The molecule has 0 aliphatic heterocycles. The van der Waals surface area contributed by atoms with Crippen LogP contribution in [0.3, 0.4) is 0 Å². The van der Waals surface area contributed by atoms with Crippen molar-refractivity contribution in [3.05, 3.63) is 0 Å². The molecule has 0 rings (SSSR count). The first kappa shape index (κ1) is 51.6. The van der Waals surface area contributed by atoms with Gasteiger partial charge in [-0.05, 0) is 74.4 Å². The van der Waals surface area contributed by atoms with Crippen molar-refractivity contribution in [2.24, 2.45) is 28.6 Å². The van der Waals surface area contributed by atoms with Gasteiger partial charge < -0.3 is 35.6 Å². The molecular formula is C42H83N7O5. The second kappa shape index (κ2) is 27.2. The molecule has 0 bridgehead atoms. The summed E-state index contributed by atoms with van der Waals surface area (Å²) in [5.41, 5.74) is -1.80. The van der Waals surface area contributed by atoms with Gasteiger partial charge in [-0.2, -0.15) is 0 Å². The van der Waals surface area contributed by atoms with E-state index < -0.39 is 22.7 Å². The Kier molecular flexibility index (Phi) is 26.0. The van der Waals surface area contributed by atoms with E-state index in [2.05, 4.69) is 42.5 Å². The van der Waals surface area contributed by atoms with Crippen molar-refractivity contribution in [1.82, 2.24) is 35.6 Å². The Balaban J connectivity index is 6.08. The minimum Gasteiger partial charge on any atom is -0.356 e. The van der Waals surface area contributed by atoms with Crippen LogP contribution in [0.4, 0.5) is 0 Å². The van der Waals surface area contributed by atoms with E-state index >= 15 is 0 Å². The van der Waals surface area contributed by atoms with Gasteiger partial charge in [0, 0.05) is 100 Å². The molecule has 3 amide bonds. The Morgan fingerprint density at radius 2 is 1.00 bits per heavy atom. The minimum atomic E-state index is -0.994. The number of nitrogens with zero attached hydrogens (tertiary/aromatic N) is 4. The van der Waals surface area contributed by atoms with Gasteiger partial charge in [0.1, 0.15) is 11.6 Å². The van der Waals surface area contributed by atoms with Crippen LogP contribution in [0.25, 0.3) is 0 Å². The van der Waals surface area contributed by atoms with Crippen LogP contribution >= 0.6 is 0 Å². The first-order chi connectivity index (χ1) is 25.2. The number of amides is 3. The lowest BCUT2D eigenvalue weighted by atomic mass is 9.70. The number of rotatable bonds is 32. The average Bonchev–Trinajstić information content (AvgIpc) is 3.09. The van der Waals surface area contributed by atoms with Crippen LogP contribution in [0.15, 0.2) is 0 Å². The standard InChI is InChI=1S/C42H83N7O5/c1-14-17-19-33(16-3)38(52)42(6,7)32-34(39(53)45-22-24-49(13)28-26-47(10)11)29-36(50)41(4,5)31-35(40(54)44-20-18-15-2)30-37(51)43-21-23-48(12)27-25-46(8)9/h33-35H,14-32H2,1-13H3,(H,43,51)(H,44,54)(H,45,53). The second-order valence-electron chi connectivity index (χ2n) is 17.5. The molecule has 0 aromatic carbocycles. The number of unbranched alkanes of at least 4 members (excludes halogenated alkanes) is 2. The molecule has 0 fully saturated rings. The maximum Gasteiger partial charge on any atom is 0.223 e. The van der Waals surface area contributed by atoms with Gasteiger partial charge in [0.25, 0.3) is 0 Å². The number of Topliss-reactive ketones (excluding diaryl/α,β-unsaturated/α-hetero) is 2. The zero-order valence-electron chi connectivity index (χ0n) is 37.0. The first-order valence-electron chi connectivity index (χ1n) is 20.8. The Morgan fingerprint density at radius 1 is 0.537 bits per heavy atom. The molecule has 0 spiro atoms. The monoisotopic (exact) mass is 766 g/mol. The molecule has 54 heavy (non-hydrogen) atoms. The topological polar surface area (TPSA) is 134 Å². The van der Waals surface area contributed by atoms with Crippen molar-refractivity contribution in [2.75, 3.05) is 101 Å². The second-order valence-corrected chi connectivity index (χ2v) is 17.5. The highest BCUT2D eigenvalue weighted by atomic mass is 16.2. The van der Waals surface area contributed by atoms with E-state index in [-0.39, 0.29) is 60.9 Å². The lowest BCUT2D eigenvalue weighted by Crippen LogP contribution is -2.43. The SMILES string of the molecule is CCCCNC(=O)C(CC(=O)NCCN(C)CCN(C)C)CC(C)(C)C(=O)CC(CC(C)(C)C(=O)C(CC)CCCC)C(=O)NCCN(C)CCN(C)C. The van der Waals surface area contributed by atoms with E-state index in [9.17, 15) is 24.0 Å². The molecule has 3 unspecified atom stereocenters. The van der Waals surface area contributed by atoms with Gasteiger partial charge in [-0.1, -0.05) is 67.7 Å². The number of nitrogens with one attached hydrogen (secondary N) is 3. The number of hydrogen-bond acceptors (Lipinski definition) is 9. The highest BCUT2D eigenvalue weighted by molar-refractivity contribution is 5.92. The molecule has 3 N–H and O–H groups in total. The molecule has 12 heteroatoms. The van der Waals surface area contributed by atoms with Gasteiger partial charge in [-0.25, -0.2) is 0 Å². The van der Waals surface area contributed by atoms with Crippen LogP contribution in [0.2, 0.25) is 0 Å². The Morgan fingerprint density at radius 3 is 1.48 bits per heavy atom. The molecular weight excluding hydrogens is 683 g/mol. The van der Waals surface area contributed by atoms with E-state index in [4.69, 9.17) is 0 Å². The smallest absolute Gasteiger partial charge is 0.223 e. The van der Waals surface area contributed by atoms with E-state index in [1.54, 1.807) is 0 Å². The van der Waals surface area contributed by atoms with Crippen LogP contribution in [0, 0.1) is 28.6 Å². The van der Waals surface area contributed by atoms with Crippen LogP contribution in [0.1, 0.15) is 113 Å². The molecule has 0 radical (unpaired) electrons. The summed E-state index contributed by atoms with van der Waals surface area (Å²) in [4.78, 5) is 77.1. The third-order valence-corrected chi connectivity index (χ3v) is 10.6. The average molecular weight is 766 g/mol. The maximum absolute atomic E-state index is 14.2. The van der Waals surface area contributed by atoms with E-state index in [1.807, 2.05) is 83.8 Å². The third-order valence-electron chi connectivity index (χ3n) is 10.6. The summed E-state index contributed by atoms with van der Waals surface area (Å²) in [6.07, 6.45) is 5.63. The summed E-state index contributed by atoms with van der Waals surface area (Å²) >= 11 is 0. The Labute approximate surface area is 330 Å². The zero-order chi connectivity index (χ0) is 41.5. The van der Waals surface area contributed by atoms with Crippen molar-refractivity contribution in [3.8, 4) is 0 Å². The third kappa shape index (κ3) is 22.2. The predicted octanol–water partition coefficient (Wildman–Crippen LogP) is 4.32. The Hall–Kier alpha value is -2.41. The fourth-order valence-corrected chi connectivity index (χ4v) is 6.68. The number of hydrogen-bond donors (Lipinski definition) is 3. The quantitative estimate of drug-likeness (QED) is 0.0857. The van der Waals surface area contributed by atoms with Crippen molar-refractivity contribution >= 4 is 29.3 Å². The number of carbonyl (C=O) groups excluding carboxylic acids is 5. The summed E-state index contributed by atoms with van der Waals surface area (Å²) in [7, 11) is 12.1. The summed E-state index contributed by atoms with van der Waals surface area (Å²) in [5.74, 6) is -2.21. The van der Waals surface area contributed by atoms with Crippen molar-refractivity contribution in [1.29, 1.82) is 0 Å². The number of likely N-dealkylation sites (N-methyl/N-ethyl adjacent to an activating group) is 4. The molecule has 316 valence electrons. The molecule has 0 saturated carbocycles. The minimum absolute atomic E-state index is 0.0287. The largest absolute Gasteiger partial charge is 0.356 e. The van der Waals surface area contributed by atoms with Crippen LogP contribution in [-0.2, 0) is 24.0 Å². The van der Waals surface area contributed by atoms with Crippen LogP contribution < -0.4 is 16.0 Å². The molecule has 0 saturated heterocycles. The molecule has 0 aromatic rings. The van der Waals surface area contributed by atoms with E-state index in [0.717, 1.165) is 64.7 Å². The highest BCUT2D eigenvalue weighted by Gasteiger charge is 2.41. The van der Waals surface area contributed by atoms with Crippen LogP contribution in [-0.4, -0.2) is 150 Å². The van der Waals surface area contributed by atoms with Crippen LogP contribution in [0.5, 0.6) is 0 Å². The van der Waals surface area contributed by atoms with Crippen molar-refractivity contribution in [3.63, 3.8) is 0 Å². The predicted molar refractivity (Wildman–Crippen MR) is 222 cm³/mol. The van der Waals surface area contributed by atoms with Gasteiger partial charge in [0.05, 0.1) is 0 Å². The first-order valence-corrected chi connectivity index (χ1v) is 20.8. The normalized spacial score (nSPS) is 14.0. The van der Waals surface area contributed by atoms with Gasteiger partial charge in [0.15, 0.2) is 0 Å². The molecule has 0 aliphatic rings. The Bertz CT molecular complexity index is 1110. The summed E-state index contributed by atoms with van der Waals surface area (Å²) in [6, 6.07) is 0. The summed E-state index contributed by atoms with van der Waals surface area (Å²) < 4.78 is 0. The molecule has 3 atom stereocenters. The van der Waals surface area contributed by atoms with E-state index in [0.29, 0.717) is 32.7 Å². The van der Waals surface area contributed by atoms with Crippen molar-refractivity contribution < 1.29 is 24.0 Å². The lowest BCUT2D eigenvalue weighted by molar-refractivity contribution is -0.139. The zero-order valence-corrected chi connectivity index (χ0v) is 37.0. The number of ketones is 2. The number of carbonyl (C=O) groups is 5. The highest BCUT2D eigenvalue weighted by Crippen LogP contribution is 2.37. The van der Waals surface area contributed by atoms with Gasteiger partial charge >= 0.3 is 0 Å². The molecule has 0 aliphatic carbocycles. The molecule has 0 heterocycles. The van der Waals surface area contributed by atoms with Gasteiger partial charge in [0.2, 0.25) is 17.7 Å². The van der Waals surface area contributed by atoms with E-state index in [1.165, 1.54) is 0 Å². The van der Waals surface area contributed by atoms with Crippen molar-refractivity contribution in [2.45, 2.75) is 113 Å². The maximum atomic E-state index is 14.2. The van der Waals surface area contributed by atoms with Gasteiger partial charge in [-0.15, -0.1) is 0 Å². The fraction of sp³-hybridized carbons (Fsp3) is 0.881. The molecule has 12 nitrogen and oxygen atoms in total. The lowest BCUT2D eigenvalue weighted by Gasteiger charge is -2.33.